The van der Waals surface area contributed by atoms with Crippen molar-refractivity contribution in [3.8, 4) is 11.5 Å². The number of nitrogens with zero attached hydrogens (tertiary/aromatic N) is 3. The smallest absolute Gasteiger partial charge is 0.202 e. The normalized spacial score (nSPS) is 17.3. The van der Waals surface area contributed by atoms with Crippen LogP contribution in [0.2, 0.25) is 0 Å². The summed E-state index contributed by atoms with van der Waals surface area (Å²) in [4.78, 5) is 2.45. The van der Waals surface area contributed by atoms with Crippen LogP contribution in [0.1, 0.15) is 23.0 Å². The maximum Gasteiger partial charge on any atom is 0.202 e. The molecule has 0 amide bonds. The molecule has 5 heteroatoms. The molecule has 0 N–H and O–H groups in total. The van der Waals surface area contributed by atoms with Gasteiger partial charge in [-0.25, -0.2) is 0 Å². The molecule has 1 aliphatic rings. The number of aromatic nitrogens is 2. The van der Waals surface area contributed by atoms with Crippen LogP contribution in [0.25, 0.3) is 11.5 Å². The van der Waals surface area contributed by atoms with E-state index in [4.69, 9.17) is 8.94 Å². The average molecular weight is 345 g/mol. The molecule has 4 aromatic rings. The molecular formula is C21H19N3O2. The molecule has 0 radical (unpaired) electrons. The summed E-state index contributed by atoms with van der Waals surface area (Å²) in [5.41, 5.74) is 3.52. The summed E-state index contributed by atoms with van der Waals surface area (Å²) in [5.74, 6) is 1.37. The van der Waals surface area contributed by atoms with Crippen molar-refractivity contribution < 1.29 is 8.94 Å². The molecule has 0 aliphatic carbocycles. The Morgan fingerprint density at radius 3 is 2.73 bits per heavy atom. The predicted molar refractivity (Wildman–Crippen MR) is 97.3 cm³/mol. The molecule has 0 bridgehead atoms. The second-order valence-electron chi connectivity index (χ2n) is 6.57. The van der Waals surface area contributed by atoms with Crippen LogP contribution in [0, 0.1) is 0 Å². The van der Waals surface area contributed by atoms with E-state index < -0.39 is 0 Å². The van der Waals surface area contributed by atoms with Crippen molar-refractivity contribution in [2.24, 2.45) is 0 Å². The van der Waals surface area contributed by atoms with Crippen LogP contribution in [0.4, 0.5) is 0 Å². The Kier molecular flexibility index (Phi) is 3.72. The number of hydrogen-bond donors (Lipinski definition) is 0. The molecule has 0 unspecified atom stereocenters. The maximum atomic E-state index is 5.47. The summed E-state index contributed by atoms with van der Waals surface area (Å²) in [6.45, 7) is 2.67. The van der Waals surface area contributed by atoms with Gasteiger partial charge in [-0.15, -0.1) is 0 Å². The van der Waals surface area contributed by atoms with E-state index >= 15 is 0 Å². The van der Waals surface area contributed by atoms with E-state index in [1.54, 1.807) is 6.26 Å². The molecular weight excluding hydrogens is 326 g/mol. The van der Waals surface area contributed by atoms with Crippen molar-refractivity contribution in [1.82, 2.24) is 14.6 Å². The van der Waals surface area contributed by atoms with Gasteiger partial charge in [0.25, 0.3) is 0 Å². The molecule has 4 heterocycles. The molecule has 0 spiro atoms. The molecule has 5 rings (SSSR count). The monoisotopic (exact) mass is 345 g/mol. The van der Waals surface area contributed by atoms with E-state index in [0.29, 0.717) is 11.5 Å². The van der Waals surface area contributed by atoms with E-state index in [1.807, 2.05) is 18.2 Å². The van der Waals surface area contributed by atoms with Crippen molar-refractivity contribution in [3.05, 3.63) is 90.1 Å². The predicted octanol–water partition coefficient (Wildman–Crippen LogP) is 4.34. The average Bonchev–Trinajstić information content (AvgIpc) is 3.43. The van der Waals surface area contributed by atoms with Crippen LogP contribution in [-0.4, -0.2) is 21.2 Å². The summed E-state index contributed by atoms with van der Waals surface area (Å²) in [7, 11) is 0. The molecule has 3 aromatic heterocycles. The van der Waals surface area contributed by atoms with Gasteiger partial charge in [0, 0.05) is 37.6 Å². The number of rotatable bonds is 4. The molecule has 1 aromatic carbocycles. The summed E-state index contributed by atoms with van der Waals surface area (Å²) in [5, 5.41) is 4.25. The Morgan fingerprint density at radius 1 is 0.962 bits per heavy atom. The summed E-state index contributed by atoms with van der Waals surface area (Å²) in [6.07, 6.45) is 3.80. The summed E-state index contributed by atoms with van der Waals surface area (Å²) in [6, 6.07) is 20.9. The minimum Gasteiger partial charge on any atom is -0.461 e. The summed E-state index contributed by atoms with van der Waals surface area (Å²) < 4.78 is 13.2. The zero-order valence-electron chi connectivity index (χ0n) is 14.3. The van der Waals surface area contributed by atoms with Crippen LogP contribution in [0.3, 0.4) is 0 Å². The Labute approximate surface area is 151 Å². The first-order valence-corrected chi connectivity index (χ1v) is 8.82. The lowest BCUT2D eigenvalue weighted by atomic mass is 10.00. The van der Waals surface area contributed by atoms with Gasteiger partial charge in [0.05, 0.1) is 18.0 Å². The van der Waals surface area contributed by atoms with Crippen molar-refractivity contribution in [3.63, 3.8) is 0 Å². The Balaban J connectivity index is 1.46. The van der Waals surface area contributed by atoms with E-state index in [0.717, 1.165) is 25.3 Å². The van der Waals surface area contributed by atoms with Gasteiger partial charge in [-0.1, -0.05) is 35.5 Å². The fraction of sp³-hybridized carbons (Fsp3) is 0.190. The topological polar surface area (TPSA) is 47.3 Å². The zero-order valence-corrected chi connectivity index (χ0v) is 14.3. The minimum atomic E-state index is 0.212. The van der Waals surface area contributed by atoms with Crippen LogP contribution < -0.4 is 0 Å². The van der Waals surface area contributed by atoms with Gasteiger partial charge in [0.1, 0.15) is 0 Å². The van der Waals surface area contributed by atoms with Gasteiger partial charge in [-0.3, -0.25) is 4.90 Å². The van der Waals surface area contributed by atoms with Crippen LogP contribution in [-0.2, 0) is 13.1 Å². The van der Waals surface area contributed by atoms with Gasteiger partial charge in [-0.2, -0.15) is 0 Å². The van der Waals surface area contributed by atoms with Crippen molar-refractivity contribution in [2.75, 3.05) is 6.54 Å². The largest absolute Gasteiger partial charge is 0.461 e. The van der Waals surface area contributed by atoms with Gasteiger partial charge in [-0.05, 0) is 29.8 Å². The van der Waals surface area contributed by atoms with Crippen LogP contribution in [0.5, 0.6) is 0 Å². The van der Waals surface area contributed by atoms with E-state index in [-0.39, 0.29) is 6.04 Å². The SMILES string of the molecule is c1ccc([C@@H]2c3cccn3CCN2Cc2cc(-c3ccco3)on2)cc1. The third kappa shape index (κ3) is 2.66. The van der Waals surface area contributed by atoms with Gasteiger partial charge in [0.2, 0.25) is 5.76 Å². The third-order valence-electron chi connectivity index (χ3n) is 4.94. The first-order chi connectivity index (χ1) is 12.9. The van der Waals surface area contributed by atoms with Crippen molar-refractivity contribution in [1.29, 1.82) is 0 Å². The van der Waals surface area contributed by atoms with Crippen molar-refractivity contribution >= 4 is 0 Å². The first kappa shape index (κ1) is 15.2. The van der Waals surface area contributed by atoms with Gasteiger partial charge < -0.3 is 13.5 Å². The molecule has 26 heavy (non-hydrogen) atoms. The molecule has 5 nitrogen and oxygen atoms in total. The molecule has 0 saturated carbocycles. The quantitative estimate of drug-likeness (QED) is 0.552. The highest BCUT2D eigenvalue weighted by molar-refractivity contribution is 5.49. The fourth-order valence-corrected chi connectivity index (χ4v) is 3.75. The number of fused-ring (bicyclic) bond motifs is 1. The molecule has 1 atom stereocenters. The summed E-state index contributed by atoms with van der Waals surface area (Å²) >= 11 is 0. The van der Waals surface area contributed by atoms with Gasteiger partial charge >= 0.3 is 0 Å². The minimum absolute atomic E-state index is 0.212. The number of furan rings is 1. The number of hydrogen-bond acceptors (Lipinski definition) is 4. The van der Waals surface area contributed by atoms with E-state index in [1.165, 1.54) is 11.3 Å². The van der Waals surface area contributed by atoms with Crippen molar-refractivity contribution in [2.45, 2.75) is 19.1 Å². The standard InChI is InChI=1S/C21H19N3O2/c1-2-6-16(7-3-1)21-18-8-4-10-23(18)11-12-24(21)15-17-14-20(26-22-17)19-9-5-13-25-19/h1-10,13-14,21H,11-12,15H2/t21-/m1/s1. The molecule has 0 saturated heterocycles. The van der Waals surface area contributed by atoms with Crippen LogP contribution >= 0.6 is 0 Å². The lowest BCUT2D eigenvalue weighted by molar-refractivity contribution is 0.170. The highest BCUT2D eigenvalue weighted by Crippen LogP contribution is 2.33. The van der Waals surface area contributed by atoms with Gasteiger partial charge in [0.15, 0.2) is 5.76 Å². The second kappa shape index (κ2) is 6.35. The Bertz CT molecular complexity index is 985. The zero-order chi connectivity index (χ0) is 17.3. The number of benzene rings is 1. The highest BCUT2D eigenvalue weighted by atomic mass is 16.5. The van der Waals surface area contributed by atoms with E-state index in [2.05, 4.69) is 63.3 Å². The third-order valence-corrected chi connectivity index (χ3v) is 4.94. The second-order valence-corrected chi connectivity index (χ2v) is 6.57. The molecule has 1 aliphatic heterocycles. The van der Waals surface area contributed by atoms with Crippen LogP contribution in [0.15, 0.2) is 82.1 Å². The Morgan fingerprint density at radius 2 is 1.88 bits per heavy atom. The Hall–Kier alpha value is -3.05. The molecule has 0 fully saturated rings. The maximum absolute atomic E-state index is 5.47. The lowest BCUT2D eigenvalue weighted by Gasteiger charge is -2.36. The fourth-order valence-electron chi connectivity index (χ4n) is 3.75. The van der Waals surface area contributed by atoms with E-state index in [9.17, 15) is 0 Å². The first-order valence-electron chi connectivity index (χ1n) is 8.82. The highest BCUT2D eigenvalue weighted by Gasteiger charge is 2.29. The lowest BCUT2D eigenvalue weighted by Crippen LogP contribution is -2.38. The molecule has 130 valence electrons.